The molecule has 1 aromatic heterocycles. The number of hydrogen-bond acceptors (Lipinski definition) is 6. The number of aromatic nitrogens is 2. The molecule has 262 valence electrons. The Labute approximate surface area is 295 Å². The first kappa shape index (κ1) is 35.5. The third kappa shape index (κ3) is 6.77. The molecule has 0 spiro atoms. The maximum absolute atomic E-state index is 12.7. The Morgan fingerprint density at radius 2 is 1.53 bits per heavy atom. The molecule has 3 aliphatic rings. The molecule has 0 bridgehead atoms. The normalized spacial score (nSPS) is 30.4. The van der Waals surface area contributed by atoms with Gasteiger partial charge in [-0.05, 0) is 89.6 Å². The quantitative estimate of drug-likeness (QED) is 0.122. The van der Waals surface area contributed by atoms with Crippen molar-refractivity contribution in [1.82, 2.24) is 9.97 Å². The van der Waals surface area contributed by atoms with Crippen LogP contribution in [-0.4, -0.2) is 43.1 Å². The average molecular weight is 681 g/mol. The Kier molecular flexibility index (Phi) is 10.3. The maximum Gasteiger partial charge on any atom is 0.316 e. The molecule has 3 saturated carbocycles. The van der Waals surface area contributed by atoms with Gasteiger partial charge in [0.25, 0.3) is 8.32 Å². The lowest BCUT2D eigenvalue weighted by molar-refractivity contribution is -0.173. The van der Waals surface area contributed by atoms with Crippen molar-refractivity contribution in [3.8, 4) is 6.01 Å². The summed E-state index contributed by atoms with van der Waals surface area (Å²) in [5.74, 6) is 0.683. The summed E-state index contributed by atoms with van der Waals surface area (Å²) < 4.78 is 20.3. The van der Waals surface area contributed by atoms with Crippen LogP contribution >= 0.6 is 0 Å². The molecule has 0 saturated heterocycles. The van der Waals surface area contributed by atoms with E-state index in [1.807, 2.05) is 6.07 Å². The summed E-state index contributed by atoms with van der Waals surface area (Å²) >= 11 is 0. The Bertz CT molecular complexity index is 1540. The van der Waals surface area contributed by atoms with E-state index >= 15 is 0 Å². The second kappa shape index (κ2) is 14.1. The van der Waals surface area contributed by atoms with Gasteiger partial charge in [0.05, 0.1) is 6.61 Å². The molecule has 3 aliphatic carbocycles. The number of nitrogens with zero attached hydrogens (tertiary/aromatic N) is 2. The third-order valence-electron chi connectivity index (χ3n) is 12.8. The van der Waals surface area contributed by atoms with Gasteiger partial charge in [-0.2, -0.15) is 0 Å². The van der Waals surface area contributed by atoms with Gasteiger partial charge in [0.1, 0.15) is 6.10 Å². The third-order valence-corrected chi connectivity index (χ3v) is 17.9. The minimum Gasteiger partial charge on any atom is -0.463 e. The highest BCUT2D eigenvalue weighted by atomic mass is 28.4. The summed E-state index contributed by atoms with van der Waals surface area (Å²) in [5.41, 5.74) is 1.30. The van der Waals surface area contributed by atoms with Crippen LogP contribution < -0.4 is 15.1 Å². The fraction of sp³-hybridized carbons (Fsp3) is 0.548. The van der Waals surface area contributed by atoms with Gasteiger partial charge in [-0.25, -0.2) is 9.97 Å². The predicted octanol–water partition coefficient (Wildman–Crippen LogP) is 8.31. The van der Waals surface area contributed by atoms with Crippen molar-refractivity contribution in [2.75, 3.05) is 6.61 Å². The number of hydrogen-bond donors (Lipinski definition) is 0. The monoisotopic (exact) mass is 680 g/mol. The second-order valence-corrected chi connectivity index (χ2v) is 20.7. The van der Waals surface area contributed by atoms with E-state index in [0.29, 0.717) is 24.5 Å². The van der Waals surface area contributed by atoms with Crippen LogP contribution in [0.25, 0.3) is 0 Å². The first-order valence-electron chi connectivity index (χ1n) is 18.4. The van der Waals surface area contributed by atoms with Crippen molar-refractivity contribution in [1.29, 1.82) is 0 Å². The highest BCUT2D eigenvalue weighted by molar-refractivity contribution is 6.99. The molecule has 7 atom stereocenters. The lowest BCUT2D eigenvalue weighted by atomic mass is 9.51. The Balaban J connectivity index is 1.35. The lowest BCUT2D eigenvalue weighted by Gasteiger charge is -2.57. The Hall–Kier alpha value is -3.29. The molecule has 0 radical (unpaired) electrons. The summed E-state index contributed by atoms with van der Waals surface area (Å²) in [6.45, 7) is 18.5. The number of fused-ring (bicyclic) bond motifs is 1. The zero-order valence-corrected chi connectivity index (χ0v) is 31.5. The van der Waals surface area contributed by atoms with Gasteiger partial charge < -0.3 is 13.9 Å². The van der Waals surface area contributed by atoms with Gasteiger partial charge in [0, 0.05) is 37.3 Å². The van der Waals surface area contributed by atoms with Crippen LogP contribution in [-0.2, 0) is 14.0 Å². The number of carbonyl (C=O) groups excluding carboxylic acids is 1. The minimum atomic E-state index is -2.74. The SMILES string of the molecule is C=C1CCC2C(OC(C)=O)C([C@@]3(C)CC[C@H](O[Si](c4ccccc4)(c4ccccc4)C(C)(C)C)C[C@@H]3CCOc3ncccn3)CCC12C. The Morgan fingerprint density at radius 3 is 2.12 bits per heavy atom. The molecule has 3 fully saturated rings. The number of ether oxygens (including phenoxy) is 2. The molecule has 49 heavy (non-hydrogen) atoms. The number of esters is 1. The van der Waals surface area contributed by atoms with E-state index in [1.165, 1.54) is 15.9 Å². The maximum atomic E-state index is 12.7. The second-order valence-electron chi connectivity index (χ2n) is 16.4. The predicted molar refractivity (Wildman–Crippen MR) is 198 cm³/mol. The van der Waals surface area contributed by atoms with Crippen molar-refractivity contribution < 1.29 is 18.7 Å². The summed E-state index contributed by atoms with van der Waals surface area (Å²) in [5, 5.41) is 2.52. The van der Waals surface area contributed by atoms with Crippen LogP contribution in [0.5, 0.6) is 6.01 Å². The van der Waals surface area contributed by atoms with Gasteiger partial charge in [-0.15, -0.1) is 0 Å². The summed E-state index contributed by atoms with van der Waals surface area (Å²) in [6.07, 6.45) is 11.4. The van der Waals surface area contributed by atoms with E-state index in [4.69, 9.17) is 13.9 Å². The van der Waals surface area contributed by atoms with E-state index in [-0.39, 0.29) is 40.0 Å². The van der Waals surface area contributed by atoms with E-state index in [0.717, 1.165) is 51.4 Å². The van der Waals surface area contributed by atoms with Gasteiger partial charge in [0.2, 0.25) is 0 Å². The highest BCUT2D eigenvalue weighted by Crippen LogP contribution is 2.62. The first-order valence-corrected chi connectivity index (χ1v) is 20.3. The lowest BCUT2D eigenvalue weighted by Crippen LogP contribution is -2.68. The molecule has 7 heteroatoms. The Morgan fingerprint density at radius 1 is 0.898 bits per heavy atom. The zero-order chi connectivity index (χ0) is 34.9. The van der Waals surface area contributed by atoms with E-state index in [9.17, 15) is 4.79 Å². The fourth-order valence-corrected chi connectivity index (χ4v) is 14.8. The fourth-order valence-electron chi connectivity index (χ4n) is 10.1. The largest absolute Gasteiger partial charge is 0.463 e. The highest BCUT2D eigenvalue weighted by Gasteiger charge is 2.59. The standard InChI is InChI=1S/C42H56N2O4Si/c1-30-19-20-36-38(47-31(2)45)37(22-25-41(30,36)6)42(7)24-21-33(29-32(42)23-28-46-39-43-26-14-27-44-39)48-49(40(3,4)5,34-15-10-8-11-16-34)35-17-12-9-13-18-35/h8-18,26-27,32-33,36-38H,1,19-25,28-29H2,2-7H3/t32-,33-,36?,37?,38?,41?,42-/m0/s1. The van der Waals surface area contributed by atoms with Crippen molar-refractivity contribution in [2.45, 2.75) is 110 Å². The molecule has 0 N–H and O–H groups in total. The van der Waals surface area contributed by atoms with E-state index < -0.39 is 8.32 Å². The smallest absolute Gasteiger partial charge is 0.316 e. The first-order chi connectivity index (χ1) is 23.4. The van der Waals surface area contributed by atoms with Crippen LogP contribution in [0.15, 0.2) is 91.3 Å². The number of allylic oxidation sites excluding steroid dienone is 1. The number of rotatable bonds is 10. The van der Waals surface area contributed by atoms with Gasteiger partial charge in [0.15, 0.2) is 0 Å². The van der Waals surface area contributed by atoms with Crippen molar-refractivity contribution >= 4 is 24.7 Å². The van der Waals surface area contributed by atoms with Crippen LogP contribution in [0.4, 0.5) is 0 Å². The number of benzene rings is 2. The molecule has 0 aliphatic heterocycles. The van der Waals surface area contributed by atoms with E-state index in [1.54, 1.807) is 19.3 Å². The summed E-state index contributed by atoms with van der Waals surface area (Å²) in [7, 11) is -2.74. The topological polar surface area (TPSA) is 70.5 Å². The van der Waals surface area contributed by atoms with Crippen LogP contribution in [0.2, 0.25) is 5.04 Å². The van der Waals surface area contributed by atoms with Gasteiger partial charge in [-0.3, -0.25) is 4.79 Å². The molecule has 0 amide bonds. The van der Waals surface area contributed by atoms with Crippen LogP contribution in [0.1, 0.15) is 92.9 Å². The molecular formula is C42H56N2O4Si. The summed E-state index contributed by atoms with van der Waals surface area (Å²) in [6, 6.07) is 24.2. The minimum absolute atomic E-state index is 0.0276. The molecular weight excluding hydrogens is 625 g/mol. The van der Waals surface area contributed by atoms with Gasteiger partial charge >= 0.3 is 12.0 Å². The van der Waals surface area contributed by atoms with Crippen molar-refractivity contribution in [3.63, 3.8) is 0 Å². The van der Waals surface area contributed by atoms with Crippen molar-refractivity contribution in [3.05, 3.63) is 91.3 Å². The molecule has 3 aromatic rings. The van der Waals surface area contributed by atoms with Crippen molar-refractivity contribution in [2.24, 2.45) is 28.6 Å². The van der Waals surface area contributed by atoms with Crippen LogP contribution in [0, 0.1) is 28.6 Å². The summed E-state index contributed by atoms with van der Waals surface area (Å²) in [4.78, 5) is 21.4. The average Bonchev–Trinajstić information content (AvgIpc) is 3.39. The molecule has 6 rings (SSSR count). The zero-order valence-electron chi connectivity index (χ0n) is 30.5. The van der Waals surface area contributed by atoms with Crippen LogP contribution in [0.3, 0.4) is 0 Å². The molecule has 1 heterocycles. The van der Waals surface area contributed by atoms with E-state index in [2.05, 4.69) is 112 Å². The molecule has 2 aromatic carbocycles. The molecule has 6 nitrogen and oxygen atoms in total. The van der Waals surface area contributed by atoms with Gasteiger partial charge in [-0.1, -0.05) is 107 Å². The molecule has 4 unspecified atom stereocenters. The number of carbonyl (C=O) groups is 1.